The van der Waals surface area contributed by atoms with Gasteiger partial charge in [-0.2, -0.15) is 0 Å². The minimum atomic E-state index is -1.25. The highest BCUT2D eigenvalue weighted by Crippen LogP contribution is 2.56. The number of carbonyl (C=O) groups is 3. The standard InChI is InChI=1S/C20H24O7/c1-9-11-12(25-16(9)22)14-18(3,7-6-8-19(14,4)24)15(21)13(11)26-17(23)20(5)10(2)27-20/h6-7,10-14,24H,1,8H2,2-5H3. The summed E-state index contributed by atoms with van der Waals surface area (Å²) in [5.41, 5.74) is -3.38. The maximum atomic E-state index is 13.4. The predicted octanol–water partition coefficient (Wildman–Crippen LogP) is 1.09. The second kappa shape index (κ2) is 5.29. The van der Waals surface area contributed by atoms with Crippen LogP contribution in [-0.2, 0) is 28.6 Å². The molecule has 8 unspecified atom stereocenters. The number of carbonyl (C=O) groups excluding carboxylic acids is 3. The van der Waals surface area contributed by atoms with Gasteiger partial charge in [0, 0.05) is 11.5 Å². The molecule has 8 atom stereocenters. The van der Waals surface area contributed by atoms with Gasteiger partial charge in [-0.1, -0.05) is 18.7 Å². The van der Waals surface area contributed by atoms with Crippen LogP contribution in [0.15, 0.2) is 24.3 Å². The Morgan fingerprint density at radius 2 is 1.96 bits per heavy atom. The minimum absolute atomic E-state index is 0.0912. The van der Waals surface area contributed by atoms with Crippen molar-refractivity contribution in [3.63, 3.8) is 0 Å². The van der Waals surface area contributed by atoms with Gasteiger partial charge in [-0.15, -0.1) is 0 Å². The highest BCUT2D eigenvalue weighted by molar-refractivity contribution is 6.00. The number of ether oxygens (including phenoxy) is 3. The Morgan fingerprint density at radius 1 is 1.33 bits per heavy atom. The van der Waals surface area contributed by atoms with Crippen LogP contribution in [0.25, 0.3) is 0 Å². The molecular formula is C20H24O7. The second-order valence-electron chi connectivity index (χ2n) is 8.70. The van der Waals surface area contributed by atoms with Crippen molar-refractivity contribution in [1.29, 1.82) is 0 Å². The molecule has 4 rings (SSSR count). The first-order valence-corrected chi connectivity index (χ1v) is 9.16. The van der Waals surface area contributed by atoms with Gasteiger partial charge in [-0.3, -0.25) is 4.79 Å². The number of ketones is 1. The second-order valence-corrected chi connectivity index (χ2v) is 8.70. The van der Waals surface area contributed by atoms with Crippen molar-refractivity contribution in [2.24, 2.45) is 17.3 Å². The van der Waals surface area contributed by atoms with Crippen molar-refractivity contribution >= 4 is 17.7 Å². The third-order valence-electron chi connectivity index (χ3n) is 6.80. The molecule has 4 aliphatic rings. The number of epoxide rings is 1. The van der Waals surface area contributed by atoms with E-state index in [2.05, 4.69) is 6.58 Å². The van der Waals surface area contributed by atoms with Crippen molar-refractivity contribution in [3.8, 4) is 0 Å². The molecule has 2 aliphatic heterocycles. The van der Waals surface area contributed by atoms with Gasteiger partial charge in [-0.05, 0) is 34.1 Å². The molecule has 1 N–H and O–H groups in total. The van der Waals surface area contributed by atoms with Crippen LogP contribution in [0.5, 0.6) is 0 Å². The molecule has 0 radical (unpaired) electrons. The maximum absolute atomic E-state index is 13.4. The predicted molar refractivity (Wildman–Crippen MR) is 92.3 cm³/mol. The highest BCUT2D eigenvalue weighted by atomic mass is 16.7. The van der Waals surface area contributed by atoms with Crippen molar-refractivity contribution in [3.05, 3.63) is 24.3 Å². The van der Waals surface area contributed by atoms with Gasteiger partial charge in [0.25, 0.3) is 0 Å². The number of hydrogen-bond acceptors (Lipinski definition) is 7. The van der Waals surface area contributed by atoms with Crippen LogP contribution in [0.4, 0.5) is 0 Å². The molecule has 0 aromatic heterocycles. The molecule has 7 heteroatoms. The number of hydrogen-bond donors (Lipinski definition) is 1. The van der Waals surface area contributed by atoms with E-state index < -0.39 is 52.6 Å². The van der Waals surface area contributed by atoms with E-state index in [-0.39, 0.29) is 17.5 Å². The normalized spacial score (nSPS) is 50.7. The molecule has 7 nitrogen and oxygen atoms in total. The summed E-state index contributed by atoms with van der Waals surface area (Å²) in [4.78, 5) is 38.3. The van der Waals surface area contributed by atoms with Crippen LogP contribution in [0.3, 0.4) is 0 Å². The number of allylic oxidation sites excluding steroid dienone is 1. The van der Waals surface area contributed by atoms with Crippen LogP contribution in [0, 0.1) is 17.3 Å². The first kappa shape index (κ1) is 18.4. The molecule has 0 aromatic carbocycles. The van der Waals surface area contributed by atoms with Gasteiger partial charge >= 0.3 is 11.9 Å². The molecule has 0 amide bonds. The number of Topliss-reactive ketones (excluding diaryl/α,β-unsaturated/α-hetero) is 1. The van der Waals surface area contributed by atoms with E-state index >= 15 is 0 Å². The molecule has 27 heavy (non-hydrogen) atoms. The quantitative estimate of drug-likeness (QED) is 0.333. The zero-order valence-electron chi connectivity index (χ0n) is 15.9. The first-order chi connectivity index (χ1) is 12.4. The fourth-order valence-corrected chi connectivity index (χ4v) is 4.96. The third-order valence-corrected chi connectivity index (χ3v) is 6.80. The molecule has 1 saturated carbocycles. The fourth-order valence-electron chi connectivity index (χ4n) is 4.96. The molecule has 0 spiro atoms. The lowest BCUT2D eigenvalue weighted by Gasteiger charge is -2.53. The van der Waals surface area contributed by atoms with E-state index in [1.807, 2.05) is 0 Å². The van der Waals surface area contributed by atoms with Crippen LogP contribution in [-0.4, -0.2) is 52.3 Å². The number of fused-ring (bicyclic) bond motifs is 3. The molecule has 0 aromatic rings. The summed E-state index contributed by atoms with van der Waals surface area (Å²) in [6.45, 7) is 10.4. The maximum Gasteiger partial charge on any atom is 0.341 e. The van der Waals surface area contributed by atoms with E-state index in [9.17, 15) is 19.5 Å². The van der Waals surface area contributed by atoms with Gasteiger partial charge in [0.15, 0.2) is 17.5 Å². The Morgan fingerprint density at radius 3 is 2.56 bits per heavy atom. The van der Waals surface area contributed by atoms with Gasteiger partial charge in [0.05, 0.1) is 23.0 Å². The Labute approximate surface area is 157 Å². The number of aliphatic hydroxyl groups is 1. The van der Waals surface area contributed by atoms with Crippen molar-refractivity contribution in [2.75, 3.05) is 0 Å². The summed E-state index contributed by atoms with van der Waals surface area (Å²) in [6.07, 6.45) is 1.49. The highest BCUT2D eigenvalue weighted by Gasteiger charge is 2.68. The SMILES string of the molecule is C=C1C(=O)OC2C1C(OC(=O)C1(C)OC1C)C(=O)C1(C)C=CCC(C)(O)C21. The smallest absolute Gasteiger partial charge is 0.341 e. The zero-order valence-corrected chi connectivity index (χ0v) is 15.9. The molecular weight excluding hydrogens is 352 g/mol. The van der Waals surface area contributed by atoms with Crippen LogP contribution in [0.2, 0.25) is 0 Å². The Hall–Kier alpha value is -1.99. The Bertz CT molecular complexity index is 796. The van der Waals surface area contributed by atoms with Gasteiger partial charge in [-0.25, -0.2) is 9.59 Å². The largest absolute Gasteiger partial charge is 0.458 e. The lowest BCUT2D eigenvalue weighted by molar-refractivity contribution is -0.192. The summed E-state index contributed by atoms with van der Waals surface area (Å²) in [5.74, 6) is -3.11. The van der Waals surface area contributed by atoms with E-state index in [0.29, 0.717) is 6.42 Å². The molecule has 2 saturated heterocycles. The molecule has 2 heterocycles. The first-order valence-electron chi connectivity index (χ1n) is 9.16. The van der Waals surface area contributed by atoms with E-state index in [1.165, 1.54) is 0 Å². The van der Waals surface area contributed by atoms with Crippen molar-refractivity contribution in [2.45, 2.75) is 63.6 Å². The zero-order chi connectivity index (χ0) is 19.9. The van der Waals surface area contributed by atoms with Gasteiger partial charge < -0.3 is 19.3 Å². The van der Waals surface area contributed by atoms with E-state index in [0.717, 1.165) is 0 Å². The lowest BCUT2D eigenvalue weighted by Crippen LogP contribution is -2.65. The summed E-state index contributed by atoms with van der Waals surface area (Å²) in [5, 5.41) is 11.0. The van der Waals surface area contributed by atoms with E-state index in [4.69, 9.17) is 14.2 Å². The van der Waals surface area contributed by atoms with Crippen molar-refractivity contribution in [1.82, 2.24) is 0 Å². The summed E-state index contributed by atoms with van der Waals surface area (Å²) < 4.78 is 16.4. The third kappa shape index (κ3) is 2.31. The molecule has 3 fully saturated rings. The summed E-state index contributed by atoms with van der Waals surface area (Å²) in [7, 11) is 0. The van der Waals surface area contributed by atoms with Crippen molar-refractivity contribution < 1.29 is 33.7 Å². The lowest BCUT2D eigenvalue weighted by atomic mass is 9.53. The average molecular weight is 376 g/mol. The average Bonchev–Trinajstić information content (AvgIpc) is 3.08. The molecule has 2 aliphatic carbocycles. The van der Waals surface area contributed by atoms with E-state index in [1.54, 1.807) is 39.8 Å². The molecule has 146 valence electrons. The summed E-state index contributed by atoms with van der Waals surface area (Å²) >= 11 is 0. The minimum Gasteiger partial charge on any atom is -0.458 e. The number of esters is 2. The van der Waals surface area contributed by atoms with Crippen LogP contribution >= 0.6 is 0 Å². The molecule has 0 bridgehead atoms. The Kier molecular flexibility index (Phi) is 3.60. The monoisotopic (exact) mass is 376 g/mol. The van der Waals surface area contributed by atoms with Crippen LogP contribution < -0.4 is 0 Å². The number of rotatable bonds is 2. The van der Waals surface area contributed by atoms with Crippen LogP contribution in [0.1, 0.15) is 34.1 Å². The fraction of sp³-hybridized carbons (Fsp3) is 0.650. The Balaban J connectivity index is 1.76. The topological polar surface area (TPSA) is 102 Å². The summed E-state index contributed by atoms with van der Waals surface area (Å²) in [6, 6.07) is 0. The van der Waals surface area contributed by atoms with Gasteiger partial charge in [0.1, 0.15) is 6.10 Å². The van der Waals surface area contributed by atoms with Gasteiger partial charge in [0.2, 0.25) is 0 Å².